The van der Waals surface area contributed by atoms with Crippen LogP contribution in [0.25, 0.3) is 0 Å². The number of ether oxygens (including phenoxy) is 2. The van der Waals surface area contributed by atoms with Crippen LogP contribution in [0, 0.1) is 5.82 Å². The molecule has 164 valence electrons. The molecule has 1 fully saturated rings. The van der Waals surface area contributed by atoms with Crippen LogP contribution < -0.4 is 10.1 Å². The molecule has 1 aliphatic rings. The number of nitrogens with one attached hydrogen (secondary N) is 1. The molecule has 0 spiro atoms. The van der Waals surface area contributed by atoms with Crippen LogP contribution in [0.1, 0.15) is 35.7 Å². The third kappa shape index (κ3) is 6.53. The van der Waals surface area contributed by atoms with E-state index in [2.05, 4.69) is 5.32 Å². The Kier molecular flexibility index (Phi) is 7.59. The van der Waals surface area contributed by atoms with Gasteiger partial charge in [0.1, 0.15) is 11.6 Å². The standard InChI is InChI=1S/C23H25FN2O5/c1-2-30-23(29)31-20-9-5-17(6-10-20)22(28)26-13-11-19(12-14-26)25-21(27)15-16-3-7-18(24)8-4-16/h3-10,19H,2,11-15H2,1H3,(H,25,27). The van der Waals surface area contributed by atoms with Crippen LogP contribution in [-0.4, -0.2) is 48.6 Å². The first-order valence-corrected chi connectivity index (χ1v) is 10.2. The molecule has 7 nitrogen and oxygen atoms in total. The molecule has 0 unspecified atom stereocenters. The van der Waals surface area contributed by atoms with Gasteiger partial charge in [-0.25, -0.2) is 9.18 Å². The maximum Gasteiger partial charge on any atom is 0.513 e. The van der Waals surface area contributed by atoms with Gasteiger partial charge in [-0.15, -0.1) is 0 Å². The molecule has 0 bridgehead atoms. The van der Waals surface area contributed by atoms with E-state index >= 15 is 0 Å². The number of carbonyl (C=O) groups is 3. The van der Waals surface area contributed by atoms with E-state index in [1.54, 1.807) is 48.2 Å². The highest BCUT2D eigenvalue weighted by Crippen LogP contribution is 2.18. The molecule has 1 aliphatic heterocycles. The minimum Gasteiger partial charge on any atom is -0.434 e. The molecule has 1 N–H and O–H groups in total. The summed E-state index contributed by atoms with van der Waals surface area (Å²) in [6, 6.07) is 12.2. The number of amides is 2. The molecule has 1 heterocycles. The van der Waals surface area contributed by atoms with Crippen LogP contribution in [0.5, 0.6) is 5.75 Å². The predicted molar refractivity (Wildman–Crippen MR) is 111 cm³/mol. The van der Waals surface area contributed by atoms with E-state index in [9.17, 15) is 18.8 Å². The average molecular weight is 428 g/mol. The topological polar surface area (TPSA) is 84.9 Å². The number of benzene rings is 2. The van der Waals surface area contributed by atoms with E-state index in [-0.39, 0.29) is 36.7 Å². The zero-order valence-corrected chi connectivity index (χ0v) is 17.3. The zero-order valence-electron chi connectivity index (χ0n) is 17.3. The lowest BCUT2D eigenvalue weighted by molar-refractivity contribution is -0.121. The monoisotopic (exact) mass is 428 g/mol. The summed E-state index contributed by atoms with van der Waals surface area (Å²) in [7, 11) is 0. The fraction of sp³-hybridized carbons (Fsp3) is 0.348. The van der Waals surface area contributed by atoms with Crippen LogP contribution in [-0.2, 0) is 16.0 Å². The van der Waals surface area contributed by atoms with Crippen molar-refractivity contribution in [1.29, 1.82) is 0 Å². The molecule has 0 aliphatic carbocycles. The Hall–Kier alpha value is -3.42. The Bertz CT molecular complexity index is 907. The van der Waals surface area contributed by atoms with Crippen molar-refractivity contribution in [3.05, 3.63) is 65.5 Å². The van der Waals surface area contributed by atoms with E-state index in [0.29, 0.717) is 37.2 Å². The Morgan fingerprint density at radius 2 is 1.68 bits per heavy atom. The summed E-state index contributed by atoms with van der Waals surface area (Å²) in [5.41, 5.74) is 1.25. The molecule has 3 rings (SSSR count). The second kappa shape index (κ2) is 10.6. The maximum atomic E-state index is 13.0. The van der Waals surface area contributed by atoms with Crippen LogP contribution in [0.3, 0.4) is 0 Å². The first-order valence-electron chi connectivity index (χ1n) is 10.2. The number of halogens is 1. The molecule has 8 heteroatoms. The Labute approximate surface area is 180 Å². The highest BCUT2D eigenvalue weighted by molar-refractivity contribution is 5.94. The largest absolute Gasteiger partial charge is 0.513 e. The fourth-order valence-corrected chi connectivity index (χ4v) is 3.38. The molecular weight excluding hydrogens is 403 g/mol. The summed E-state index contributed by atoms with van der Waals surface area (Å²) >= 11 is 0. The molecule has 2 amide bonds. The molecule has 0 atom stereocenters. The third-order valence-electron chi connectivity index (χ3n) is 4.99. The summed E-state index contributed by atoms with van der Waals surface area (Å²) in [6.07, 6.45) is 0.723. The summed E-state index contributed by atoms with van der Waals surface area (Å²) < 4.78 is 22.7. The summed E-state index contributed by atoms with van der Waals surface area (Å²) in [6.45, 7) is 2.96. The molecule has 1 saturated heterocycles. The number of hydrogen-bond donors (Lipinski definition) is 1. The third-order valence-corrected chi connectivity index (χ3v) is 4.99. The van der Waals surface area contributed by atoms with Gasteiger partial charge in [0, 0.05) is 24.7 Å². The van der Waals surface area contributed by atoms with Gasteiger partial charge in [-0.05, 0) is 61.7 Å². The number of nitrogens with zero attached hydrogens (tertiary/aromatic N) is 1. The van der Waals surface area contributed by atoms with Crippen LogP contribution in [0.4, 0.5) is 9.18 Å². The molecule has 2 aromatic rings. The van der Waals surface area contributed by atoms with Crippen molar-refractivity contribution in [2.75, 3.05) is 19.7 Å². The van der Waals surface area contributed by atoms with E-state index in [1.807, 2.05) is 0 Å². The van der Waals surface area contributed by atoms with Crippen molar-refractivity contribution < 1.29 is 28.2 Å². The second-order valence-electron chi connectivity index (χ2n) is 7.25. The van der Waals surface area contributed by atoms with Crippen molar-refractivity contribution in [2.24, 2.45) is 0 Å². The van der Waals surface area contributed by atoms with E-state index in [0.717, 1.165) is 5.56 Å². The predicted octanol–water partition coefficient (Wildman–Crippen LogP) is 3.32. The first-order chi connectivity index (χ1) is 14.9. The smallest absolute Gasteiger partial charge is 0.434 e. The minimum atomic E-state index is -0.787. The lowest BCUT2D eigenvalue weighted by atomic mass is 10.0. The van der Waals surface area contributed by atoms with Gasteiger partial charge in [-0.2, -0.15) is 0 Å². The van der Waals surface area contributed by atoms with Crippen LogP contribution in [0.15, 0.2) is 48.5 Å². The average Bonchev–Trinajstić information content (AvgIpc) is 2.76. The van der Waals surface area contributed by atoms with E-state index < -0.39 is 6.16 Å². The fourth-order valence-electron chi connectivity index (χ4n) is 3.38. The van der Waals surface area contributed by atoms with Crippen molar-refractivity contribution in [3.63, 3.8) is 0 Å². The number of likely N-dealkylation sites (tertiary alicyclic amines) is 1. The van der Waals surface area contributed by atoms with Crippen molar-refractivity contribution >= 4 is 18.0 Å². The first kappa shape index (κ1) is 22.3. The SMILES string of the molecule is CCOC(=O)Oc1ccc(C(=O)N2CCC(NC(=O)Cc3ccc(F)cc3)CC2)cc1. The van der Waals surface area contributed by atoms with Crippen molar-refractivity contribution in [1.82, 2.24) is 10.2 Å². The second-order valence-corrected chi connectivity index (χ2v) is 7.25. The minimum absolute atomic E-state index is 0.00245. The number of rotatable bonds is 6. The van der Waals surface area contributed by atoms with Crippen LogP contribution >= 0.6 is 0 Å². The maximum absolute atomic E-state index is 13.0. The van der Waals surface area contributed by atoms with Crippen molar-refractivity contribution in [3.8, 4) is 5.75 Å². The number of piperidine rings is 1. The van der Waals surface area contributed by atoms with Gasteiger partial charge in [-0.3, -0.25) is 9.59 Å². The van der Waals surface area contributed by atoms with Gasteiger partial charge in [0.15, 0.2) is 0 Å². The molecule has 0 saturated carbocycles. The number of hydrogen-bond acceptors (Lipinski definition) is 5. The zero-order chi connectivity index (χ0) is 22.2. The van der Waals surface area contributed by atoms with Gasteiger partial charge in [0.2, 0.25) is 5.91 Å². The summed E-state index contributed by atoms with van der Waals surface area (Å²) in [5, 5.41) is 2.99. The van der Waals surface area contributed by atoms with Gasteiger partial charge in [0.05, 0.1) is 13.0 Å². The quantitative estimate of drug-likeness (QED) is 0.564. The molecule has 0 radical (unpaired) electrons. The van der Waals surface area contributed by atoms with Crippen molar-refractivity contribution in [2.45, 2.75) is 32.2 Å². The van der Waals surface area contributed by atoms with E-state index in [4.69, 9.17) is 9.47 Å². The summed E-state index contributed by atoms with van der Waals surface area (Å²) in [5.74, 6) is -0.257. The highest BCUT2D eigenvalue weighted by atomic mass is 19.1. The molecular formula is C23H25FN2O5. The van der Waals surface area contributed by atoms with Crippen LogP contribution in [0.2, 0.25) is 0 Å². The van der Waals surface area contributed by atoms with Gasteiger partial charge in [-0.1, -0.05) is 12.1 Å². The van der Waals surface area contributed by atoms with E-state index in [1.165, 1.54) is 12.1 Å². The normalized spacial score (nSPS) is 14.1. The Morgan fingerprint density at radius 3 is 2.29 bits per heavy atom. The van der Waals surface area contributed by atoms with Gasteiger partial charge in [0.25, 0.3) is 5.91 Å². The highest BCUT2D eigenvalue weighted by Gasteiger charge is 2.24. The summed E-state index contributed by atoms with van der Waals surface area (Å²) in [4.78, 5) is 38.0. The lowest BCUT2D eigenvalue weighted by Gasteiger charge is -2.32. The van der Waals surface area contributed by atoms with Gasteiger partial charge < -0.3 is 19.7 Å². The number of carbonyl (C=O) groups excluding carboxylic acids is 3. The lowest BCUT2D eigenvalue weighted by Crippen LogP contribution is -2.46. The Morgan fingerprint density at radius 1 is 1.03 bits per heavy atom. The Balaban J connectivity index is 1.45. The molecule has 31 heavy (non-hydrogen) atoms. The molecule has 0 aromatic heterocycles. The van der Waals surface area contributed by atoms with Gasteiger partial charge >= 0.3 is 6.16 Å². The molecule has 2 aromatic carbocycles.